The minimum atomic E-state index is -0.297. The number of hydrogen-bond acceptors (Lipinski definition) is 3. The molecule has 1 amide bonds. The largest absolute Gasteiger partial charge is 0.289 e. The predicted molar refractivity (Wildman–Crippen MR) is 45.9 cm³/mol. The zero-order chi connectivity index (χ0) is 8.81. The molecule has 0 unspecified atom stereocenters. The van der Waals surface area contributed by atoms with Crippen molar-refractivity contribution in [3.63, 3.8) is 0 Å². The summed E-state index contributed by atoms with van der Waals surface area (Å²) in [4.78, 5) is 15.0. The Hall–Kier alpha value is -1.71. The van der Waals surface area contributed by atoms with E-state index in [9.17, 15) is 4.79 Å². The van der Waals surface area contributed by atoms with Gasteiger partial charge < -0.3 is 0 Å². The molecule has 1 aromatic rings. The van der Waals surface area contributed by atoms with Crippen LogP contribution in [0.4, 0.5) is 0 Å². The molecule has 0 spiro atoms. The van der Waals surface area contributed by atoms with Gasteiger partial charge in [0.1, 0.15) is 5.69 Å². The second-order valence-electron chi connectivity index (χ2n) is 2.04. The lowest BCUT2D eigenvalue weighted by molar-refractivity contribution is 0.0950. The first kappa shape index (κ1) is 8.39. The number of aromatic nitrogens is 1. The van der Waals surface area contributed by atoms with Crippen LogP contribution in [0, 0.1) is 0 Å². The minimum absolute atomic E-state index is 0.297. The summed E-state index contributed by atoms with van der Waals surface area (Å²) < 4.78 is 0. The molecule has 12 heavy (non-hydrogen) atoms. The van der Waals surface area contributed by atoms with Crippen LogP contribution in [0.5, 0.6) is 0 Å². The maximum absolute atomic E-state index is 11.1. The molecule has 0 bridgehead atoms. The Balaban J connectivity index is 2.66. The second kappa shape index (κ2) is 4.23. The lowest BCUT2D eigenvalue weighted by Crippen LogP contribution is -2.18. The van der Waals surface area contributed by atoms with Crippen LogP contribution in [-0.2, 0) is 0 Å². The average Bonchev–Trinajstić information content (AvgIpc) is 2.15. The normalized spacial score (nSPS) is 10.1. The summed E-state index contributed by atoms with van der Waals surface area (Å²) in [6.07, 6.45) is 3.06. The summed E-state index contributed by atoms with van der Waals surface area (Å²) in [5, 5.41) is 3.58. The summed E-state index contributed by atoms with van der Waals surface area (Å²) in [6.45, 7) is 1.72. The van der Waals surface area contributed by atoms with E-state index in [-0.39, 0.29) is 5.91 Å². The second-order valence-corrected chi connectivity index (χ2v) is 2.04. The molecule has 0 aliphatic rings. The Morgan fingerprint density at radius 3 is 3.08 bits per heavy atom. The van der Waals surface area contributed by atoms with E-state index in [0.29, 0.717) is 5.69 Å². The van der Waals surface area contributed by atoms with E-state index >= 15 is 0 Å². The fourth-order valence-electron chi connectivity index (χ4n) is 0.678. The number of hydrazone groups is 1. The molecular weight excluding hydrogens is 154 g/mol. The predicted octanol–water partition coefficient (Wildman–Crippen LogP) is 0.817. The maximum Gasteiger partial charge on any atom is 0.289 e. The molecule has 62 valence electrons. The van der Waals surface area contributed by atoms with Gasteiger partial charge in [-0.25, -0.2) is 5.43 Å². The monoisotopic (exact) mass is 163 g/mol. The van der Waals surface area contributed by atoms with E-state index in [1.807, 2.05) is 0 Å². The molecule has 0 aromatic carbocycles. The van der Waals surface area contributed by atoms with E-state index in [1.165, 1.54) is 6.21 Å². The first-order valence-electron chi connectivity index (χ1n) is 3.53. The van der Waals surface area contributed by atoms with Gasteiger partial charge in [-0.1, -0.05) is 6.07 Å². The third kappa shape index (κ3) is 2.16. The molecule has 0 fully saturated rings. The molecule has 4 nitrogen and oxygen atoms in total. The van der Waals surface area contributed by atoms with E-state index in [2.05, 4.69) is 15.5 Å². The molecular formula is C8H9N3O. The van der Waals surface area contributed by atoms with Gasteiger partial charge in [0, 0.05) is 12.4 Å². The van der Waals surface area contributed by atoms with Crippen LogP contribution >= 0.6 is 0 Å². The van der Waals surface area contributed by atoms with Gasteiger partial charge in [-0.3, -0.25) is 9.78 Å². The van der Waals surface area contributed by atoms with Crippen LogP contribution in [0.3, 0.4) is 0 Å². The quantitative estimate of drug-likeness (QED) is 0.518. The Morgan fingerprint density at radius 2 is 2.50 bits per heavy atom. The van der Waals surface area contributed by atoms with Gasteiger partial charge in [0.25, 0.3) is 5.91 Å². The summed E-state index contributed by atoms with van der Waals surface area (Å²) >= 11 is 0. The zero-order valence-corrected chi connectivity index (χ0v) is 6.69. The number of rotatable bonds is 2. The number of nitrogens with one attached hydrogen (secondary N) is 1. The standard InChI is InChI=1S/C8H9N3O/c1-2-10-11-8(12)7-5-3-4-6-9-7/h2-6H,1H3,(H,11,12). The van der Waals surface area contributed by atoms with Crippen molar-refractivity contribution in [1.29, 1.82) is 0 Å². The Labute approximate surface area is 70.3 Å². The third-order valence-electron chi connectivity index (χ3n) is 1.19. The van der Waals surface area contributed by atoms with Crippen LogP contribution in [-0.4, -0.2) is 17.1 Å². The van der Waals surface area contributed by atoms with Crippen molar-refractivity contribution in [3.8, 4) is 0 Å². The molecule has 1 N–H and O–H groups in total. The molecule has 1 aromatic heterocycles. The fraction of sp³-hybridized carbons (Fsp3) is 0.125. The molecule has 0 aliphatic carbocycles. The molecule has 0 saturated carbocycles. The van der Waals surface area contributed by atoms with Crippen LogP contribution in [0.15, 0.2) is 29.5 Å². The van der Waals surface area contributed by atoms with Crippen molar-refractivity contribution in [3.05, 3.63) is 30.1 Å². The molecule has 0 atom stereocenters. The number of carbonyl (C=O) groups is 1. The van der Waals surface area contributed by atoms with Crippen molar-refractivity contribution in [1.82, 2.24) is 10.4 Å². The highest BCUT2D eigenvalue weighted by Gasteiger charge is 2.02. The van der Waals surface area contributed by atoms with Gasteiger partial charge in [0.15, 0.2) is 0 Å². The number of hydrogen-bond donors (Lipinski definition) is 1. The van der Waals surface area contributed by atoms with Crippen molar-refractivity contribution in [2.24, 2.45) is 5.10 Å². The van der Waals surface area contributed by atoms with Gasteiger partial charge in [-0.15, -0.1) is 0 Å². The smallest absolute Gasteiger partial charge is 0.266 e. The number of amides is 1. The third-order valence-corrected chi connectivity index (χ3v) is 1.19. The number of carbonyl (C=O) groups excluding carboxylic acids is 1. The minimum Gasteiger partial charge on any atom is -0.266 e. The summed E-state index contributed by atoms with van der Waals surface area (Å²) in [5.74, 6) is -0.297. The van der Waals surface area contributed by atoms with Crippen LogP contribution in [0.1, 0.15) is 17.4 Å². The van der Waals surface area contributed by atoms with E-state index in [0.717, 1.165) is 0 Å². The highest BCUT2D eigenvalue weighted by atomic mass is 16.2. The van der Waals surface area contributed by atoms with Crippen LogP contribution in [0.25, 0.3) is 0 Å². The Bertz CT molecular complexity index is 282. The zero-order valence-electron chi connectivity index (χ0n) is 6.69. The van der Waals surface area contributed by atoms with Crippen molar-refractivity contribution in [2.75, 3.05) is 0 Å². The lowest BCUT2D eigenvalue weighted by Gasteiger charge is -1.96. The fourth-order valence-corrected chi connectivity index (χ4v) is 0.678. The van der Waals surface area contributed by atoms with Crippen molar-refractivity contribution in [2.45, 2.75) is 6.92 Å². The topological polar surface area (TPSA) is 54.4 Å². The maximum atomic E-state index is 11.1. The van der Waals surface area contributed by atoms with Crippen LogP contribution < -0.4 is 5.43 Å². The highest BCUT2D eigenvalue weighted by Crippen LogP contribution is 1.91. The van der Waals surface area contributed by atoms with Crippen molar-refractivity contribution < 1.29 is 4.79 Å². The van der Waals surface area contributed by atoms with Gasteiger partial charge in [0.2, 0.25) is 0 Å². The SMILES string of the molecule is CC=NNC(=O)c1ccccn1. The first-order valence-corrected chi connectivity index (χ1v) is 3.53. The van der Waals surface area contributed by atoms with E-state index in [1.54, 1.807) is 31.3 Å². The Morgan fingerprint density at radius 1 is 1.67 bits per heavy atom. The summed E-state index contributed by atoms with van der Waals surface area (Å²) in [5.41, 5.74) is 2.68. The number of pyridine rings is 1. The Kier molecular flexibility index (Phi) is 2.95. The van der Waals surface area contributed by atoms with Crippen LogP contribution in [0.2, 0.25) is 0 Å². The van der Waals surface area contributed by atoms with Gasteiger partial charge in [-0.2, -0.15) is 5.10 Å². The molecule has 1 rings (SSSR count). The molecule has 0 aliphatic heterocycles. The average molecular weight is 163 g/mol. The molecule has 1 heterocycles. The molecule has 0 saturated heterocycles. The van der Waals surface area contributed by atoms with E-state index in [4.69, 9.17) is 0 Å². The molecule has 0 radical (unpaired) electrons. The first-order chi connectivity index (χ1) is 5.84. The van der Waals surface area contributed by atoms with Gasteiger partial charge in [-0.05, 0) is 19.1 Å². The van der Waals surface area contributed by atoms with Crippen molar-refractivity contribution >= 4 is 12.1 Å². The summed E-state index contributed by atoms with van der Waals surface area (Å²) in [6, 6.07) is 5.12. The van der Waals surface area contributed by atoms with Gasteiger partial charge in [0.05, 0.1) is 0 Å². The summed E-state index contributed by atoms with van der Waals surface area (Å²) in [7, 11) is 0. The van der Waals surface area contributed by atoms with E-state index < -0.39 is 0 Å². The number of nitrogens with zero attached hydrogens (tertiary/aromatic N) is 2. The van der Waals surface area contributed by atoms with Gasteiger partial charge >= 0.3 is 0 Å². The molecule has 4 heteroatoms. The highest BCUT2D eigenvalue weighted by molar-refractivity contribution is 5.92. The lowest BCUT2D eigenvalue weighted by atomic mass is 10.3.